The number of hydrogen-bond acceptors (Lipinski definition) is 4. The number of hydrogen-bond donors (Lipinski definition) is 1. The van der Waals surface area contributed by atoms with Crippen LogP contribution in [0.25, 0.3) is 22.9 Å². The van der Waals surface area contributed by atoms with Crippen LogP contribution in [0, 0.1) is 0 Å². The minimum atomic E-state index is -4.48. The Bertz CT molecular complexity index is 903. The molecule has 0 radical (unpaired) electrons. The Balaban J connectivity index is 1.97. The summed E-state index contributed by atoms with van der Waals surface area (Å²) in [5, 5.41) is 16.5. The van der Waals surface area contributed by atoms with Crippen molar-refractivity contribution in [1.29, 1.82) is 0 Å². The molecule has 0 bridgehead atoms. The van der Waals surface area contributed by atoms with Gasteiger partial charge in [-0.25, -0.2) is 4.79 Å². The quantitative estimate of drug-likeness (QED) is 0.780. The summed E-state index contributed by atoms with van der Waals surface area (Å²) in [5.41, 5.74) is -0.308. The van der Waals surface area contributed by atoms with Crippen molar-refractivity contribution >= 4 is 5.97 Å². The smallest absolute Gasteiger partial charge is 0.416 e. The van der Waals surface area contributed by atoms with Crippen molar-refractivity contribution in [1.82, 2.24) is 10.2 Å². The van der Waals surface area contributed by atoms with Gasteiger partial charge in [0.25, 0.3) is 0 Å². The Hall–Kier alpha value is -3.16. The van der Waals surface area contributed by atoms with E-state index in [-0.39, 0.29) is 22.9 Å². The summed E-state index contributed by atoms with van der Waals surface area (Å²) in [6, 6.07) is 10.3. The summed E-state index contributed by atoms with van der Waals surface area (Å²) in [6.45, 7) is 0. The van der Waals surface area contributed by atoms with Gasteiger partial charge in [0.1, 0.15) is 0 Å². The zero-order valence-electron chi connectivity index (χ0n) is 11.9. The van der Waals surface area contributed by atoms with Crippen LogP contribution in [0.15, 0.2) is 52.9 Å². The van der Waals surface area contributed by atoms with Gasteiger partial charge < -0.3 is 9.52 Å². The fourth-order valence-corrected chi connectivity index (χ4v) is 2.07. The van der Waals surface area contributed by atoms with E-state index in [4.69, 9.17) is 9.52 Å². The molecule has 0 atom stereocenters. The average Bonchev–Trinajstić information content (AvgIpc) is 3.04. The first-order valence-corrected chi connectivity index (χ1v) is 6.69. The number of aromatic carboxylic acids is 1. The van der Waals surface area contributed by atoms with Gasteiger partial charge in [-0.15, -0.1) is 10.2 Å². The van der Waals surface area contributed by atoms with E-state index >= 15 is 0 Å². The van der Waals surface area contributed by atoms with Crippen LogP contribution in [0.5, 0.6) is 0 Å². The van der Waals surface area contributed by atoms with Gasteiger partial charge in [-0.2, -0.15) is 13.2 Å². The van der Waals surface area contributed by atoms with Crippen LogP contribution in [0.1, 0.15) is 15.9 Å². The molecule has 0 aliphatic heterocycles. The first kappa shape index (κ1) is 15.7. The number of carbonyl (C=O) groups is 1. The molecule has 1 N–H and O–H groups in total. The zero-order chi connectivity index (χ0) is 17.3. The molecule has 0 aliphatic rings. The largest absolute Gasteiger partial charge is 0.478 e. The van der Waals surface area contributed by atoms with Crippen molar-refractivity contribution in [2.45, 2.75) is 6.18 Å². The maximum absolute atomic E-state index is 12.8. The lowest BCUT2D eigenvalue weighted by Crippen LogP contribution is -2.04. The highest BCUT2D eigenvalue weighted by molar-refractivity contribution is 5.88. The Morgan fingerprint density at radius 2 is 1.54 bits per heavy atom. The van der Waals surface area contributed by atoms with Crippen LogP contribution < -0.4 is 0 Å². The minimum Gasteiger partial charge on any atom is -0.478 e. The first-order chi connectivity index (χ1) is 11.3. The average molecular weight is 334 g/mol. The van der Waals surface area contributed by atoms with Crippen molar-refractivity contribution in [2.24, 2.45) is 0 Å². The van der Waals surface area contributed by atoms with E-state index in [0.717, 1.165) is 12.1 Å². The van der Waals surface area contributed by atoms with E-state index in [1.807, 2.05) is 0 Å². The molecule has 0 amide bonds. The summed E-state index contributed by atoms with van der Waals surface area (Å²) in [7, 11) is 0. The van der Waals surface area contributed by atoms with Crippen LogP contribution >= 0.6 is 0 Å². The standard InChI is InChI=1S/C16H9F3N2O3/c17-16(18,19)12-6-2-4-10(8-12)14-21-20-13(24-14)9-3-1-5-11(7-9)15(22)23/h1-8H,(H,22,23). The fourth-order valence-electron chi connectivity index (χ4n) is 2.07. The molecule has 1 aromatic heterocycles. The van der Waals surface area contributed by atoms with E-state index in [9.17, 15) is 18.0 Å². The van der Waals surface area contributed by atoms with Gasteiger partial charge in [0.15, 0.2) is 0 Å². The maximum Gasteiger partial charge on any atom is 0.416 e. The Morgan fingerprint density at radius 1 is 0.958 bits per heavy atom. The molecule has 5 nitrogen and oxygen atoms in total. The van der Waals surface area contributed by atoms with E-state index < -0.39 is 17.7 Å². The summed E-state index contributed by atoms with van der Waals surface area (Å²) in [4.78, 5) is 11.0. The second-order valence-corrected chi connectivity index (χ2v) is 4.88. The van der Waals surface area contributed by atoms with Gasteiger partial charge in [0.2, 0.25) is 11.8 Å². The molecule has 3 rings (SSSR count). The number of halogens is 3. The third kappa shape index (κ3) is 3.12. The Kier molecular flexibility index (Phi) is 3.80. The molecule has 0 unspecified atom stereocenters. The zero-order valence-corrected chi connectivity index (χ0v) is 11.9. The van der Waals surface area contributed by atoms with Crippen LogP contribution in [-0.4, -0.2) is 21.3 Å². The Labute approximate surface area is 133 Å². The van der Waals surface area contributed by atoms with E-state index in [2.05, 4.69) is 10.2 Å². The molecule has 0 saturated carbocycles. The monoisotopic (exact) mass is 334 g/mol. The molecule has 24 heavy (non-hydrogen) atoms. The van der Waals surface area contributed by atoms with Gasteiger partial charge in [0.05, 0.1) is 11.1 Å². The first-order valence-electron chi connectivity index (χ1n) is 6.69. The highest BCUT2D eigenvalue weighted by Gasteiger charge is 2.30. The van der Waals surface area contributed by atoms with Crippen molar-refractivity contribution in [2.75, 3.05) is 0 Å². The summed E-state index contributed by atoms with van der Waals surface area (Å²) in [6.07, 6.45) is -4.48. The number of rotatable bonds is 3. The van der Waals surface area contributed by atoms with E-state index in [0.29, 0.717) is 5.56 Å². The lowest BCUT2D eigenvalue weighted by Gasteiger charge is -2.06. The molecular formula is C16H9F3N2O3. The number of aromatic nitrogens is 2. The molecule has 122 valence electrons. The van der Waals surface area contributed by atoms with Crippen LogP contribution in [0.3, 0.4) is 0 Å². The molecule has 2 aromatic carbocycles. The van der Waals surface area contributed by atoms with Gasteiger partial charge >= 0.3 is 12.1 Å². The third-order valence-corrected chi connectivity index (χ3v) is 3.22. The van der Waals surface area contributed by atoms with Gasteiger partial charge in [-0.3, -0.25) is 0 Å². The van der Waals surface area contributed by atoms with Crippen molar-refractivity contribution in [3.63, 3.8) is 0 Å². The van der Waals surface area contributed by atoms with Crippen molar-refractivity contribution < 1.29 is 27.5 Å². The molecule has 8 heteroatoms. The molecule has 0 spiro atoms. The summed E-state index contributed by atoms with van der Waals surface area (Å²) in [5.74, 6) is -1.18. The van der Waals surface area contributed by atoms with Crippen molar-refractivity contribution in [3.05, 3.63) is 59.7 Å². The summed E-state index contributed by atoms with van der Waals surface area (Å²) < 4.78 is 43.6. The molecule has 0 aliphatic carbocycles. The summed E-state index contributed by atoms with van der Waals surface area (Å²) >= 11 is 0. The predicted molar refractivity (Wildman–Crippen MR) is 77.1 cm³/mol. The number of benzene rings is 2. The Morgan fingerprint density at radius 3 is 2.12 bits per heavy atom. The number of nitrogens with zero attached hydrogens (tertiary/aromatic N) is 2. The van der Waals surface area contributed by atoms with Gasteiger partial charge in [-0.05, 0) is 36.4 Å². The van der Waals surface area contributed by atoms with Crippen LogP contribution in [-0.2, 0) is 6.18 Å². The molecule has 1 heterocycles. The van der Waals surface area contributed by atoms with Gasteiger partial charge in [0, 0.05) is 11.1 Å². The number of carboxylic acid groups (broad SMARTS) is 1. The highest BCUT2D eigenvalue weighted by atomic mass is 19.4. The number of alkyl halides is 3. The minimum absolute atomic E-state index is 0.0190. The molecular weight excluding hydrogens is 325 g/mol. The van der Waals surface area contributed by atoms with E-state index in [1.54, 1.807) is 6.07 Å². The van der Waals surface area contributed by atoms with Crippen LogP contribution in [0.2, 0.25) is 0 Å². The van der Waals surface area contributed by atoms with Crippen LogP contribution in [0.4, 0.5) is 13.2 Å². The molecule has 3 aromatic rings. The lowest BCUT2D eigenvalue weighted by molar-refractivity contribution is -0.137. The second-order valence-electron chi connectivity index (χ2n) is 4.88. The number of carboxylic acids is 1. The lowest BCUT2D eigenvalue weighted by atomic mass is 10.1. The molecule has 0 fully saturated rings. The van der Waals surface area contributed by atoms with Gasteiger partial charge in [-0.1, -0.05) is 12.1 Å². The third-order valence-electron chi connectivity index (χ3n) is 3.22. The second kappa shape index (κ2) is 5.80. The SMILES string of the molecule is O=C(O)c1cccc(-c2nnc(-c3cccc(C(F)(F)F)c3)o2)c1. The highest BCUT2D eigenvalue weighted by Crippen LogP contribution is 2.32. The maximum atomic E-state index is 12.8. The molecule has 0 saturated heterocycles. The van der Waals surface area contributed by atoms with Crippen molar-refractivity contribution in [3.8, 4) is 22.9 Å². The topological polar surface area (TPSA) is 76.2 Å². The fraction of sp³-hybridized carbons (Fsp3) is 0.0625. The predicted octanol–water partition coefficient (Wildman–Crippen LogP) is 4.12. The van der Waals surface area contributed by atoms with E-state index in [1.165, 1.54) is 30.3 Å². The normalized spacial score (nSPS) is 11.5.